The van der Waals surface area contributed by atoms with Crippen LogP contribution in [0.25, 0.3) is 0 Å². The van der Waals surface area contributed by atoms with Crippen LogP contribution in [-0.2, 0) is 9.53 Å². The maximum atomic E-state index is 11.3. The molecule has 0 aromatic heterocycles. The fourth-order valence-electron chi connectivity index (χ4n) is 1.59. The Kier molecular flexibility index (Phi) is 4.55. The lowest BCUT2D eigenvalue weighted by Crippen LogP contribution is -2.14. The van der Waals surface area contributed by atoms with Crippen molar-refractivity contribution in [1.29, 1.82) is 0 Å². The molecule has 0 amide bonds. The normalized spacial score (nSPS) is 12.3. The third kappa shape index (κ3) is 2.73. The van der Waals surface area contributed by atoms with Gasteiger partial charge in [-0.25, -0.2) is 4.79 Å². The second kappa shape index (κ2) is 5.73. The molecule has 1 rings (SSSR count). The molecule has 0 fully saturated rings. The van der Waals surface area contributed by atoms with Gasteiger partial charge in [-0.1, -0.05) is 13.8 Å². The van der Waals surface area contributed by atoms with Gasteiger partial charge in [-0.15, -0.1) is 0 Å². The summed E-state index contributed by atoms with van der Waals surface area (Å²) in [6.07, 6.45) is -1.53. The summed E-state index contributed by atoms with van der Waals surface area (Å²) < 4.78 is 9.48. The lowest BCUT2D eigenvalue weighted by Gasteiger charge is -2.16. The highest BCUT2D eigenvalue weighted by molar-refractivity contribution is 5.77. The van der Waals surface area contributed by atoms with Gasteiger partial charge >= 0.3 is 5.97 Å². The molecule has 2 N–H and O–H groups in total. The number of aliphatic hydroxyl groups is 1. The van der Waals surface area contributed by atoms with Gasteiger partial charge in [0.1, 0.15) is 0 Å². The molecule has 1 atom stereocenters. The molecule has 100 valence electrons. The van der Waals surface area contributed by atoms with Crippen LogP contribution in [-0.4, -0.2) is 30.4 Å². The van der Waals surface area contributed by atoms with Crippen LogP contribution in [0.1, 0.15) is 37.0 Å². The van der Waals surface area contributed by atoms with E-state index in [4.69, 9.17) is 4.74 Å². The lowest BCUT2D eigenvalue weighted by atomic mass is 9.97. The second-order valence-electron chi connectivity index (χ2n) is 4.24. The molecule has 0 spiro atoms. The molecular formula is C13H18O5. The van der Waals surface area contributed by atoms with Crippen molar-refractivity contribution in [3.8, 4) is 11.5 Å². The number of hydrogen-bond donors (Lipinski definition) is 2. The Morgan fingerprint density at radius 3 is 2.33 bits per heavy atom. The highest BCUT2D eigenvalue weighted by Gasteiger charge is 2.24. The van der Waals surface area contributed by atoms with Crippen molar-refractivity contribution < 1.29 is 24.5 Å². The van der Waals surface area contributed by atoms with Gasteiger partial charge in [-0.3, -0.25) is 0 Å². The molecule has 0 aliphatic heterocycles. The first-order valence-electron chi connectivity index (χ1n) is 5.59. The van der Waals surface area contributed by atoms with Crippen LogP contribution in [0.2, 0.25) is 0 Å². The summed E-state index contributed by atoms with van der Waals surface area (Å²) in [5.41, 5.74) is 0.938. The van der Waals surface area contributed by atoms with E-state index < -0.39 is 12.1 Å². The van der Waals surface area contributed by atoms with Crippen LogP contribution in [0.5, 0.6) is 11.5 Å². The summed E-state index contributed by atoms with van der Waals surface area (Å²) in [6.45, 7) is 3.92. The molecule has 0 saturated carbocycles. The molecule has 0 aliphatic carbocycles. The fourth-order valence-corrected chi connectivity index (χ4v) is 1.59. The summed E-state index contributed by atoms with van der Waals surface area (Å²) in [7, 11) is 2.58. The maximum absolute atomic E-state index is 11.3. The zero-order valence-corrected chi connectivity index (χ0v) is 10.9. The van der Waals surface area contributed by atoms with Gasteiger partial charge in [-0.05, 0) is 23.6 Å². The van der Waals surface area contributed by atoms with E-state index in [0.717, 1.165) is 5.56 Å². The predicted octanol–water partition coefficient (Wildman–Crippen LogP) is 1.73. The van der Waals surface area contributed by atoms with Gasteiger partial charge in [0.2, 0.25) is 0 Å². The van der Waals surface area contributed by atoms with E-state index in [1.165, 1.54) is 14.2 Å². The van der Waals surface area contributed by atoms with E-state index in [1.807, 2.05) is 13.8 Å². The quantitative estimate of drug-likeness (QED) is 0.800. The minimum Gasteiger partial charge on any atom is -0.504 e. The molecule has 0 heterocycles. The van der Waals surface area contributed by atoms with Crippen molar-refractivity contribution in [1.82, 2.24) is 0 Å². The number of phenols is 1. The SMILES string of the molecule is COC(=O)C(O)c1cc(C(C)C)cc(OC)c1O. The number of ether oxygens (including phenoxy) is 2. The number of aliphatic hydroxyl groups excluding tert-OH is 1. The van der Waals surface area contributed by atoms with Crippen LogP contribution in [0.15, 0.2) is 12.1 Å². The fraction of sp³-hybridized carbons (Fsp3) is 0.462. The van der Waals surface area contributed by atoms with Crippen molar-refractivity contribution in [3.63, 3.8) is 0 Å². The van der Waals surface area contributed by atoms with E-state index >= 15 is 0 Å². The monoisotopic (exact) mass is 254 g/mol. The largest absolute Gasteiger partial charge is 0.504 e. The zero-order valence-electron chi connectivity index (χ0n) is 10.9. The second-order valence-corrected chi connectivity index (χ2v) is 4.24. The highest BCUT2D eigenvalue weighted by Crippen LogP contribution is 2.37. The predicted molar refractivity (Wildman–Crippen MR) is 65.7 cm³/mol. The number of benzene rings is 1. The van der Waals surface area contributed by atoms with E-state index in [9.17, 15) is 15.0 Å². The summed E-state index contributed by atoms with van der Waals surface area (Å²) in [4.78, 5) is 11.3. The van der Waals surface area contributed by atoms with Crippen molar-refractivity contribution >= 4 is 5.97 Å². The third-order valence-electron chi connectivity index (χ3n) is 2.73. The van der Waals surface area contributed by atoms with Gasteiger partial charge < -0.3 is 19.7 Å². The van der Waals surface area contributed by atoms with Gasteiger partial charge in [0.05, 0.1) is 14.2 Å². The molecule has 1 aromatic carbocycles. The Morgan fingerprint density at radius 2 is 1.89 bits per heavy atom. The van der Waals surface area contributed by atoms with E-state index in [2.05, 4.69) is 4.74 Å². The smallest absolute Gasteiger partial charge is 0.339 e. The Labute approximate surface area is 106 Å². The first kappa shape index (κ1) is 14.3. The maximum Gasteiger partial charge on any atom is 0.339 e. The number of esters is 1. The summed E-state index contributed by atoms with van der Waals surface area (Å²) in [5.74, 6) is -0.685. The molecule has 0 bridgehead atoms. The number of aromatic hydroxyl groups is 1. The van der Waals surface area contributed by atoms with Crippen molar-refractivity contribution in [3.05, 3.63) is 23.3 Å². The van der Waals surface area contributed by atoms with Crippen molar-refractivity contribution in [2.75, 3.05) is 14.2 Å². The molecule has 5 nitrogen and oxygen atoms in total. The molecule has 18 heavy (non-hydrogen) atoms. The molecule has 5 heteroatoms. The number of carbonyl (C=O) groups excluding carboxylic acids is 1. The average Bonchev–Trinajstić information content (AvgIpc) is 2.36. The molecule has 1 unspecified atom stereocenters. The van der Waals surface area contributed by atoms with E-state index in [1.54, 1.807) is 12.1 Å². The van der Waals surface area contributed by atoms with Crippen LogP contribution < -0.4 is 4.74 Å². The van der Waals surface area contributed by atoms with Crippen molar-refractivity contribution in [2.45, 2.75) is 25.9 Å². The Morgan fingerprint density at radius 1 is 1.28 bits per heavy atom. The first-order chi connectivity index (χ1) is 8.42. The van der Waals surface area contributed by atoms with Gasteiger partial charge in [0, 0.05) is 5.56 Å². The highest BCUT2D eigenvalue weighted by atomic mass is 16.5. The summed E-state index contributed by atoms with van der Waals surface area (Å²) >= 11 is 0. The standard InChI is InChI=1S/C13H18O5/c1-7(2)8-5-9(12(15)13(16)18-4)11(14)10(6-8)17-3/h5-7,12,14-15H,1-4H3. The number of rotatable bonds is 4. The minimum atomic E-state index is -1.53. The van der Waals surface area contributed by atoms with Gasteiger partial charge in [0.25, 0.3) is 0 Å². The molecule has 0 saturated heterocycles. The Balaban J connectivity index is 3.33. The Bertz CT molecular complexity index is 439. The van der Waals surface area contributed by atoms with Crippen LogP contribution in [0.3, 0.4) is 0 Å². The number of methoxy groups -OCH3 is 2. The van der Waals surface area contributed by atoms with Gasteiger partial charge in [0.15, 0.2) is 17.6 Å². The molecule has 0 radical (unpaired) electrons. The lowest BCUT2D eigenvalue weighted by molar-refractivity contribution is -0.150. The minimum absolute atomic E-state index is 0.0879. The summed E-state index contributed by atoms with van der Waals surface area (Å²) in [6, 6.07) is 3.25. The summed E-state index contributed by atoms with van der Waals surface area (Å²) in [5, 5.41) is 19.7. The molecule has 0 aliphatic rings. The molecule has 1 aromatic rings. The molecular weight excluding hydrogens is 236 g/mol. The zero-order chi connectivity index (χ0) is 13.9. The van der Waals surface area contributed by atoms with Gasteiger partial charge in [-0.2, -0.15) is 0 Å². The van der Waals surface area contributed by atoms with Crippen molar-refractivity contribution in [2.24, 2.45) is 0 Å². The van der Waals surface area contributed by atoms with Crippen LogP contribution in [0, 0.1) is 0 Å². The average molecular weight is 254 g/mol. The van der Waals surface area contributed by atoms with Crippen LogP contribution in [0.4, 0.5) is 0 Å². The number of carbonyl (C=O) groups is 1. The van der Waals surface area contributed by atoms with E-state index in [0.29, 0.717) is 0 Å². The first-order valence-corrected chi connectivity index (χ1v) is 5.59. The topological polar surface area (TPSA) is 76.0 Å². The third-order valence-corrected chi connectivity index (χ3v) is 2.73. The Hall–Kier alpha value is -1.75. The number of phenolic OH excluding ortho intramolecular Hbond substituents is 1. The number of hydrogen-bond acceptors (Lipinski definition) is 5. The van der Waals surface area contributed by atoms with Crippen LogP contribution >= 0.6 is 0 Å². The van der Waals surface area contributed by atoms with E-state index in [-0.39, 0.29) is 23.0 Å².